The molecule has 0 heterocycles. The Kier molecular flexibility index (Phi) is 4.66. The summed E-state index contributed by atoms with van der Waals surface area (Å²) in [5.74, 6) is 0. The predicted molar refractivity (Wildman–Crippen MR) is 20.2 cm³/mol. The van der Waals surface area contributed by atoms with E-state index < -0.39 is 7.59 Å². The van der Waals surface area contributed by atoms with Gasteiger partial charge in [0.2, 0.25) is 0 Å². The van der Waals surface area contributed by atoms with E-state index in [0.29, 0.717) is 0 Å². The van der Waals surface area contributed by atoms with Gasteiger partial charge in [0.05, 0.1) is 0 Å². The van der Waals surface area contributed by atoms with Crippen molar-refractivity contribution in [3.63, 3.8) is 0 Å². The molecule has 0 saturated heterocycles. The molecule has 6 heteroatoms. The predicted octanol–water partition coefficient (Wildman–Crippen LogP) is -1.03. The van der Waals surface area contributed by atoms with E-state index in [2.05, 4.69) is 16.5 Å². The molecule has 6 heavy (non-hydrogen) atoms. The van der Waals surface area contributed by atoms with E-state index in [9.17, 15) is 4.57 Å². The second-order valence-electron chi connectivity index (χ2n) is 0.763. The first-order valence-corrected chi connectivity index (χ1v) is 2.87. The third-order valence-electron chi connectivity index (χ3n) is 0. The van der Waals surface area contributed by atoms with Gasteiger partial charge in [-0.15, -0.1) is 0 Å². The van der Waals surface area contributed by atoms with Crippen LogP contribution >= 0.6 is 7.59 Å². The van der Waals surface area contributed by atoms with Crippen LogP contribution in [0, 0.1) is 0 Å². The van der Waals surface area contributed by atoms with Crippen LogP contribution in [0.5, 0.6) is 0 Å². The Morgan fingerprint density at radius 2 is 1.17 bits per heavy atom. The minimum Gasteiger partial charge on any atom is -0.272 e. The Labute approximate surface area is 48.7 Å². The fourth-order valence-corrected chi connectivity index (χ4v) is 0. The van der Waals surface area contributed by atoms with Crippen LogP contribution in [-0.4, -0.2) is 0 Å². The Morgan fingerprint density at radius 3 is 1.17 bits per heavy atom. The van der Waals surface area contributed by atoms with Crippen LogP contribution in [0.1, 0.15) is 0 Å². The minimum absolute atomic E-state index is 0. The Balaban J connectivity index is 0. The van der Waals surface area contributed by atoms with E-state index in [4.69, 9.17) is 0 Å². The van der Waals surface area contributed by atoms with E-state index in [1.54, 1.807) is 0 Å². The number of nitrogens with two attached hydrogens (primary N) is 3. The average Bonchev–Trinajstić information content (AvgIpc) is 0.722. The molecule has 0 saturated carbocycles. The Hall–Kier alpha value is 0.733. The number of hydrogen-bond acceptors (Lipinski definition) is 1. The SMILES string of the molecule is NP(N)(N)=O.[Zn+2]. The third-order valence-corrected chi connectivity index (χ3v) is 0. The fraction of sp³-hybridized carbons (Fsp3) is 0. The van der Waals surface area contributed by atoms with Crippen molar-refractivity contribution in [2.24, 2.45) is 16.5 Å². The van der Waals surface area contributed by atoms with E-state index in [1.165, 1.54) is 0 Å². The van der Waals surface area contributed by atoms with E-state index in [0.717, 1.165) is 0 Å². The summed E-state index contributed by atoms with van der Waals surface area (Å²) in [5, 5.41) is 0. The first-order valence-electron chi connectivity index (χ1n) is 0.957. The topological polar surface area (TPSA) is 95.1 Å². The van der Waals surface area contributed by atoms with Crippen LogP contribution < -0.4 is 16.5 Å². The molecule has 0 amide bonds. The van der Waals surface area contributed by atoms with Gasteiger partial charge in [-0.1, -0.05) is 0 Å². The summed E-state index contributed by atoms with van der Waals surface area (Å²) >= 11 is 0. The molecule has 0 spiro atoms. The molecule has 6 N–H and O–H groups in total. The van der Waals surface area contributed by atoms with Gasteiger partial charge in [0.1, 0.15) is 0 Å². The van der Waals surface area contributed by atoms with Crippen LogP contribution in [0.4, 0.5) is 0 Å². The number of hydrogen-bond donors (Lipinski definition) is 3. The zero-order valence-corrected chi connectivity index (χ0v) is 7.16. The maximum atomic E-state index is 9.55. The van der Waals surface area contributed by atoms with Gasteiger partial charge in [0, 0.05) is 0 Å². The second-order valence-corrected chi connectivity index (χ2v) is 2.29. The molecule has 0 aromatic heterocycles. The fourth-order valence-electron chi connectivity index (χ4n) is 0. The van der Waals surface area contributed by atoms with Gasteiger partial charge < -0.3 is 0 Å². The molecule has 0 fully saturated rings. The summed E-state index contributed by atoms with van der Waals surface area (Å²) < 4.78 is 9.55. The largest absolute Gasteiger partial charge is 2.00 e. The van der Waals surface area contributed by atoms with Crippen molar-refractivity contribution in [3.8, 4) is 0 Å². The van der Waals surface area contributed by atoms with Crippen LogP contribution in [0.3, 0.4) is 0 Å². The molecule has 4 nitrogen and oxygen atoms in total. The van der Waals surface area contributed by atoms with Crippen molar-refractivity contribution in [1.29, 1.82) is 0 Å². The van der Waals surface area contributed by atoms with E-state index in [1.807, 2.05) is 0 Å². The van der Waals surface area contributed by atoms with E-state index in [-0.39, 0.29) is 19.5 Å². The zero-order chi connectivity index (χ0) is 4.50. The molecular formula is H6N3OPZn+2. The molecule has 0 bridgehead atoms. The average molecular weight is 160 g/mol. The minimum atomic E-state index is -3.14. The van der Waals surface area contributed by atoms with E-state index >= 15 is 0 Å². The molecule has 0 aromatic rings. The summed E-state index contributed by atoms with van der Waals surface area (Å²) in [5.41, 5.74) is 13.4. The van der Waals surface area contributed by atoms with Crippen molar-refractivity contribution in [2.75, 3.05) is 0 Å². The van der Waals surface area contributed by atoms with Gasteiger partial charge in [0.15, 0.2) is 0 Å². The molecule has 0 rings (SSSR count). The van der Waals surface area contributed by atoms with Gasteiger partial charge in [-0.05, 0) is 0 Å². The summed E-state index contributed by atoms with van der Waals surface area (Å²) in [6.07, 6.45) is 0. The molecule has 0 aliphatic heterocycles. The van der Waals surface area contributed by atoms with Gasteiger partial charge in [-0.25, -0.2) is 0 Å². The standard InChI is InChI=1S/H6N3OP.Zn/c1-5(2,3)4;/h(H6,1,2,3,4);/q;+2. The van der Waals surface area contributed by atoms with Crippen LogP contribution in [0.2, 0.25) is 0 Å². The smallest absolute Gasteiger partial charge is 0.272 e. The molecular weight excluding hydrogens is 154 g/mol. The van der Waals surface area contributed by atoms with Gasteiger partial charge in [-0.3, -0.25) is 21.1 Å². The maximum absolute atomic E-state index is 9.55. The van der Waals surface area contributed by atoms with Crippen molar-refractivity contribution < 1.29 is 24.0 Å². The molecule has 0 unspecified atom stereocenters. The molecule has 0 radical (unpaired) electrons. The molecule has 0 aliphatic rings. The normalized spacial score (nSPS) is 9.83. The maximum Gasteiger partial charge on any atom is 2.00 e. The summed E-state index contributed by atoms with van der Waals surface area (Å²) in [7, 11) is -3.14. The van der Waals surface area contributed by atoms with Crippen molar-refractivity contribution >= 4 is 7.59 Å². The number of rotatable bonds is 0. The summed E-state index contributed by atoms with van der Waals surface area (Å²) in [6, 6.07) is 0. The molecule has 32 valence electrons. The van der Waals surface area contributed by atoms with Gasteiger partial charge >= 0.3 is 19.5 Å². The quantitative estimate of drug-likeness (QED) is 0.312. The van der Waals surface area contributed by atoms with Gasteiger partial charge in [0.25, 0.3) is 7.59 Å². The molecule has 0 aromatic carbocycles. The van der Waals surface area contributed by atoms with Crippen molar-refractivity contribution in [2.45, 2.75) is 0 Å². The molecule has 0 atom stereocenters. The van der Waals surface area contributed by atoms with Crippen LogP contribution in [0.25, 0.3) is 0 Å². The Bertz CT molecular complexity index is 56.9. The first-order chi connectivity index (χ1) is 2.00. The van der Waals surface area contributed by atoms with Crippen LogP contribution in [0.15, 0.2) is 0 Å². The van der Waals surface area contributed by atoms with Crippen LogP contribution in [-0.2, 0) is 24.0 Å². The first kappa shape index (κ1) is 9.88. The van der Waals surface area contributed by atoms with Crippen molar-refractivity contribution in [3.05, 3.63) is 0 Å². The third kappa shape index (κ3) is 123. The van der Waals surface area contributed by atoms with Crippen molar-refractivity contribution in [1.82, 2.24) is 0 Å². The second kappa shape index (κ2) is 2.83. The monoisotopic (exact) mass is 159 g/mol. The summed E-state index contributed by atoms with van der Waals surface area (Å²) in [4.78, 5) is 0. The van der Waals surface area contributed by atoms with Gasteiger partial charge in [-0.2, -0.15) is 0 Å². The molecule has 0 aliphatic carbocycles. The Morgan fingerprint density at radius 1 is 1.17 bits per heavy atom. The zero-order valence-electron chi connectivity index (χ0n) is 3.29. The summed E-state index contributed by atoms with van der Waals surface area (Å²) in [6.45, 7) is 0.